The average Bonchev–Trinajstić information content (AvgIpc) is 2.86. The summed E-state index contributed by atoms with van der Waals surface area (Å²) in [5.41, 5.74) is -0.626. The highest BCUT2D eigenvalue weighted by Gasteiger charge is 2.30. The third-order valence-electron chi connectivity index (χ3n) is 4.92. The maximum atomic E-state index is 12.9. The van der Waals surface area contributed by atoms with Gasteiger partial charge in [-0.25, -0.2) is 8.42 Å². The summed E-state index contributed by atoms with van der Waals surface area (Å²) < 4.78 is 76.1. The van der Waals surface area contributed by atoms with Crippen LogP contribution in [0.1, 0.15) is 18.1 Å². The zero-order valence-corrected chi connectivity index (χ0v) is 22.2. The number of amides is 1. The standard InChI is InChI=1S/C26H20BrF3N2O5S/c1-2-36-24-13-17(12-22(15-31)38(34,35)21-9-7-19(27)8-10-21)6-11-23(24)37-16-25(33)32-20-5-3-4-18(14-20)26(28,29)30/h3-14H,2,16H2,1H3,(H,32,33)/b22-12+. The number of nitrogens with one attached hydrogen (secondary N) is 1. The highest BCUT2D eigenvalue weighted by Crippen LogP contribution is 2.32. The fourth-order valence-electron chi connectivity index (χ4n) is 3.18. The first kappa shape index (κ1) is 28.7. The van der Waals surface area contributed by atoms with Gasteiger partial charge in [-0.05, 0) is 73.2 Å². The van der Waals surface area contributed by atoms with Crippen molar-refractivity contribution in [3.63, 3.8) is 0 Å². The van der Waals surface area contributed by atoms with Crippen LogP contribution in [0.15, 0.2) is 81.0 Å². The van der Waals surface area contributed by atoms with Gasteiger partial charge in [0.05, 0.1) is 17.1 Å². The lowest BCUT2D eigenvalue weighted by molar-refractivity contribution is -0.137. The van der Waals surface area contributed by atoms with Gasteiger partial charge in [0.25, 0.3) is 5.91 Å². The molecule has 0 atom stereocenters. The van der Waals surface area contributed by atoms with Gasteiger partial charge < -0.3 is 14.8 Å². The largest absolute Gasteiger partial charge is 0.490 e. The van der Waals surface area contributed by atoms with Crippen molar-refractivity contribution >= 4 is 43.4 Å². The monoisotopic (exact) mass is 608 g/mol. The highest BCUT2D eigenvalue weighted by atomic mass is 79.9. The van der Waals surface area contributed by atoms with Crippen LogP contribution in [-0.2, 0) is 20.8 Å². The number of carbonyl (C=O) groups excluding carboxylic acids is 1. The third kappa shape index (κ3) is 7.36. The Kier molecular flexibility index (Phi) is 9.19. The van der Waals surface area contributed by atoms with Crippen LogP contribution in [0.2, 0.25) is 0 Å². The van der Waals surface area contributed by atoms with Crippen molar-refractivity contribution in [2.75, 3.05) is 18.5 Å². The van der Waals surface area contributed by atoms with Crippen molar-refractivity contribution in [3.8, 4) is 17.6 Å². The van der Waals surface area contributed by atoms with E-state index in [0.717, 1.165) is 12.1 Å². The van der Waals surface area contributed by atoms with Gasteiger partial charge in [-0.3, -0.25) is 4.79 Å². The molecule has 0 unspecified atom stereocenters. The molecule has 0 heterocycles. The number of carbonyl (C=O) groups is 1. The van der Waals surface area contributed by atoms with Crippen molar-refractivity contribution in [1.82, 2.24) is 0 Å². The predicted molar refractivity (Wildman–Crippen MR) is 138 cm³/mol. The summed E-state index contributed by atoms with van der Waals surface area (Å²) in [5, 5.41) is 11.9. The van der Waals surface area contributed by atoms with Crippen LogP contribution in [0, 0.1) is 11.3 Å². The van der Waals surface area contributed by atoms with Gasteiger partial charge in [0.1, 0.15) is 11.0 Å². The topological polar surface area (TPSA) is 105 Å². The highest BCUT2D eigenvalue weighted by molar-refractivity contribution is 9.10. The normalized spacial score (nSPS) is 11.9. The molecular weight excluding hydrogens is 589 g/mol. The van der Waals surface area contributed by atoms with Crippen LogP contribution in [0.4, 0.5) is 18.9 Å². The molecule has 1 N–H and O–H groups in total. The Morgan fingerprint density at radius 1 is 1.05 bits per heavy atom. The van der Waals surface area contributed by atoms with Gasteiger partial charge in [0, 0.05) is 10.2 Å². The summed E-state index contributed by atoms with van der Waals surface area (Å²) in [6.07, 6.45) is -3.37. The zero-order valence-electron chi connectivity index (χ0n) is 19.8. The van der Waals surface area contributed by atoms with E-state index in [9.17, 15) is 31.6 Å². The SMILES string of the molecule is CCOc1cc(/C=C(\C#N)S(=O)(=O)c2ccc(Br)cc2)ccc1OCC(=O)Nc1cccc(C(F)(F)F)c1. The van der Waals surface area contributed by atoms with Gasteiger partial charge in [-0.1, -0.05) is 28.1 Å². The molecule has 0 saturated carbocycles. The van der Waals surface area contributed by atoms with Crippen LogP contribution < -0.4 is 14.8 Å². The minimum atomic E-state index is -4.55. The van der Waals surface area contributed by atoms with Crippen LogP contribution in [0.5, 0.6) is 11.5 Å². The summed E-state index contributed by atoms with van der Waals surface area (Å²) >= 11 is 3.23. The second-order valence-electron chi connectivity index (χ2n) is 7.63. The Labute approximate surface area is 225 Å². The van der Waals surface area contributed by atoms with Gasteiger partial charge >= 0.3 is 6.18 Å². The van der Waals surface area contributed by atoms with E-state index in [0.29, 0.717) is 10.0 Å². The summed E-state index contributed by atoms with van der Waals surface area (Å²) in [7, 11) is -4.08. The van der Waals surface area contributed by atoms with Crippen LogP contribution in [0.3, 0.4) is 0 Å². The first-order valence-electron chi connectivity index (χ1n) is 10.9. The molecular formula is C26H20BrF3N2O5S. The molecule has 0 bridgehead atoms. The second kappa shape index (κ2) is 12.1. The number of nitriles is 1. The molecule has 1 amide bonds. The Hall–Kier alpha value is -3.82. The van der Waals surface area contributed by atoms with Crippen molar-refractivity contribution in [2.45, 2.75) is 18.0 Å². The minimum Gasteiger partial charge on any atom is -0.490 e. The Balaban J connectivity index is 1.78. The van der Waals surface area contributed by atoms with Crippen LogP contribution >= 0.6 is 15.9 Å². The lowest BCUT2D eigenvalue weighted by atomic mass is 10.2. The molecule has 3 aromatic carbocycles. The number of nitrogens with zero attached hydrogens (tertiary/aromatic N) is 1. The van der Waals surface area contributed by atoms with Gasteiger partial charge in [-0.15, -0.1) is 0 Å². The van der Waals surface area contributed by atoms with Crippen LogP contribution in [-0.4, -0.2) is 27.5 Å². The van der Waals surface area contributed by atoms with Crippen molar-refractivity contribution < 1.29 is 35.9 Å². The molecule has 198 valence electrons. The van der Waals surface area contributed by atoms with Gasteiger partial charge in [0.2, 0.25) is 9.84 Å². The molecule has 0 spiro atoms. The molecule has 0 aromatic heterocycles. The van der Waals surface area contributed by atoms with E-state index in [4.69, 9.17) is 9.47 Å². The smallest absolute Gasteiger partial charge is 0.416 e. The Morgan fingerprint density at radius 2 is 1.76 bits per heavy atom. The maximum absolute atomic E-state index is 12.9. The number of ether oxygens (including phenoxy) is 2. The number of benzene rings is 3. The van der Waals surface area contributed by atoms with E-state index >= 15 is 0 Å². The zero-order chi connectivity index (χ0) is 27.9. The summed E-state index contributed by atoms with van der Waals surface area (Å²) in [6.45, 7) is 1.38. The molecule has 0 fully saturated rings. The molecule has 3 aromatic rings. The summed E-state index contributed by atoms with van der Waals surface area (Å²) in [5.74, 6) is -0.396. The molecule has 0 radical (unpaired) electrons. The van der Waals surface area contributed by atoms with Gasteiger partial charge in [-0.2, -0.15) is 18.4 Å². The second-order valence-corrected chi connectivity index (χ2v) is 10.5. The first-order valence-corrected chi connectivity index (χ1v) is 13.2. The number of anilines is 1. The molecule has 0 aliphatic rings. The Morgan fingerprint density at radius 3 is 2.39 bits per heavy atom. The molecule has 38 heavy (non-hydrogen) atoms. The fraction of sp³-hybridized carbons (Fsp3) is 0.154. The van der Waals surface area contributed by atoms with E-state index in [1.807, 2.05) is 0 Å². The third-order valence-corrected chi connectivity index (χ3v) is 7.13. The molecule has 7 nitrogen and oxygen atoms in total. The summed E-state index contributed by atoms with van der Waals surface area (Å²) in [6, 6.07) is 16.1. The van der Waals surface area contributed by atoms with Gasteiger partial charge in [0.15, 0.2) is 18.1 Å². The number of hydrogen-bond acceptors (Lipinski definition) is 6. The van der Waals surface area contributed by atoms with E-state index < -0.39 is 39.0 Å². The van der Waals surface area contributed by atoms with E-state index in [1.54, 1.807) is 25.1 Å². The molecule has 0 saturated heterocycles. The lowest BCUT2D eigenvalue weighted by Crippen LogP contribution is -2.20. The number of sulfone groups is 1. The fourth-order valence-corrected chi connectivity index (χ4v) is 4.60. The van der Waals surface area contributed by atoms with Crippen LogP contribution in [0.25, 0.3) is 6.08 Å². The first-order chi connectivity index (χ1) is 17.9. The minimum absolute atomic E-state index is 0.0463. The maximum Gasteiger partial charge on any atom is 0.416 e. The van der Waals surface area contributed by atoms with E-state index in [1.165, 1.54) is 48.5 Å². The Bertz CT molecular complexity index is 1500. The summed E-state index contributed by atoms with van der Waals surface area (Å²) in [4.78, 5) is 11.7. The van der Waals surface area contributed by atoms with E-state index in [2.05, 4.69) is 21.2 Å². The quantitative estimate of drug-likeness (QED) is 0.289. The van der Waals surface area contributed by atoms with Crippen molar-refractivity contribution in [2.24, 2.45) is 0 Å². The van der Waals surface area contributed by atoms with E-state index in [-0.39, 0.29) is 28.7 Å². The number of halogens is 4. The van der Waals surface area contributed by atoms with Crippen molar-refractivity contribution in [3.05, 3.63) is 87.2 Å². The molecule has 3 rings (SSSR count). The molecule has 12 heteroatoms. The number of allylic oxidation sites excluding steroid dienone is 1. The lowest BCUT2D eigenvalue weighted by Gasteiger charge is -2.13. The van der Waals surface area contributed by atoms with Crippen molar-refractivity contribution in [1.29, 1.82) is 5.26 Å². The number of alkyl halides is 3. The predicted octanol–water partition coefficient (Wildman–Crippen LogP) is 6.22. The molecule has 0 aliphatic heterocycles. The average molecular weight is 609 g/mol. The number of hydrogen-bond donors (Lipinski definition) is 1. The molecule has 0 aliphatic carbocycles. The number of rotatable bonds is 9.